The van der Waals surface area contributed by atoms with Crippen LogP contribution in [0.25, 0.3) is 0 Å². The van der Waals surface area contributed by atoms with Crippen molar-refractivity contribution in [3.8, 4) is 0 Å². The summed E-state index contributed by atoms with van der Waals surface area (Å²) >= 11 is 5.84. The van der Waals surface area contributed by atoms with Gasteiger partial charge in [0.1, 0.15) is 0 Å². The van der Waals surface area contributed by atoms with Gasteiger partial charge in [-0.05, 0) is 24.6 Å². The van der Waals surface area contributed by atoms with Gasteiger partial charge in [0.2, 0.25) is 5.91 Å². The van der Waals surface area contributed by atoms with Crippen molar-refractivity contribution in [3.63, 3.8) is 0 Å². The summed E-state index contributed by atoms with van der Waals surface area (Å²) in [6.07, 6.45) is 1.48. The summed E-state index contributed by atoms with van der Waals surface area (Å²) in [6.45, 7) is 4.18. The molecule has 1 aliphatic rings. The van der Waals surface area contributed by atoms with Crippen molar-refractivity contribution < 1.29 is 9.53 Å². The molecule has 6 heteroatoms. The number of amides is 1. The molecule has 20 heavy (non-hydrogen) atoms. The maximum absolute atomic E-state index is 11.9. The van der Waals surface area contributed by atoms with Gasteiger partial charge in [0.25, 0.3) is 0 Å². The van der Waals surface area contributed by atoms with E-state index in [-0.39, 0.29) is 5.91 Å². The Labute approximate surface area is 124 Å². The van der Waals surface area contributed by atoms with Gasteiger partial charge in [-0.25, -0.2) is 0 Å². The van der Waals surface area contributed by atoms with Crippen LogP contribution in [0.5, 0.6) is 0 Å². The number of carbonyl (C=O) groups is 1. The second kappa shape index (κ2) is 7.47. The molecule has 0 radical (unpaired) electrons. The fourth-order valence-corrected chi connectivity index (χ4v) is 2.24. The van der Waals surface area contributed by atoms with Crippen molar-refractivity contribution in [3.05, 3.63) is 23.2 Å². The van der Waals surface area contributed by atoms with Crippen LogP contribution in [0.3, 0.4) is 0 Å². The van der Waals surface area contributed by atoms with Crippen LogP contribution in [-0.2, 0) is 9.53 Å². The summed E-state index contributed by atoms with van der Waals surface area (Å²) in [5.41, 5.74) is 6.84. The van der Waals surface area contributed by atoms with Crippen LogP contribution < -0.4 is 11.1 Å². The SMILES string of the molecule is Nc1cc(NC(=O)CCN2CCCOCC2)ccc1Cl. The molecule has 1 aromatic carbocycles. The van der Waals surface area contributed by atoms with Crippen LogP contribution in [0.4, 0.5) is 11.4 Å². The molecule has 1 saturated heterocycles. The van der Waals surface area contributed by atoms with Crippen LogP contribution in [0.2, 0.25) is 5.02 Å². The van der Waals surface area contributed by atoms with Gasteiger partial charge in [-0.15, -0.1) is 0 Å². The summed E-state index contributed by atoms with van der Waals surface area (Å²) in [4.78, 5) is 14.1. The normalized spacial score (nSPS) is 16.6. The zero-order valence-corrected chi connectivity index (χ0v) is 12.2. The zero-order chi connectivity index (χ0) is 14.4. The van der Waals surface area contributed by atoms with Gasteiger partial charge in [-0.3, -0.25) is 4.79 Å². The molecular formula is C14H20ClN3O2. The first kappa shape index (κ1) is 15.1. The molecular weight excluding hydrogens is 278 g/mol. The average molecular weight is 298 g/mol. The number of ether oxygens (including phenoxy) is 1. The van der Waals surface area contributed by atoms with E-state index in [0.717, 1.165) is 39.3 Å². The smallest absolute Gasteiger partial charge is 0.225 e. The van der Waals surface area contributed by atoms with Crippen LogP contribution in [0.15, 0.2) is 18.2 Å². The van der Waals surface area contributed by atoms with Crippen molar-refractivity contribution in [2.45, 2.75) is 12.8 Å². The molecule has 1 aliphatic heterocycles. The number of nitrogens with two attached hydrogens (primary N) is 1. The minimum atomic E-state index is -0.0168. The summed E-state index contributed by atoms with van der Waals surface area (Å²) in [6, 6.07) is 5.09. The van der Waals surface area contributed by atoms with Gasteiger partial charge in [0, 0.05) is 38.3 Å². The molecule has 5 nitrogen and oxygen atoms in total. The van der Waals surface area contributed by atoms with E-state index >= 15 is 0 Å². The fourth-order valence-electron chi connectivity index (χ4n) is 2.13. The topological polar surface area (TPSA) is 67.6 Å². The molecule has 0 aliphatic carbocycles. The first-order chi connectivity index (χ1) is 9.65. The number of nitrogens with zero attached hydrogens (tertiary/aromatic N) is 1. The van der Waals surface area contributed by atoms with Gasteiger partial charge < -0.3 is 20.7 Å². The Morgan fingerprint density at radius 3 is 3.05 bits per heavy atom. The Bertz CT molecular complexity index is 460. The second-order valence-electron chi connectivity index (χ2n) is 4.84. The lowest BCUT2D eigenvalue weighted by Crippen LogP contribution is -2.30. The highest BCUT2D eigenvalue weighted by atomic mass is 35.5. The third-order valence-electron chi connectivity index (χ3n) is 3.25. The van der Waals surface area contributed by atoms with Gasteiger partial charge in [0.05, 0.1) is 17.3 Å². The second-order valence-corrected chi connectivity index (χ2v) is 5.25. The van der Waals surface area contributed by atoms with Crippen molar-refractivity contribution in [1.82, 2.24) is 4.90 Å². The molecule has 0 saturated carbocycles. The first-order valence-electron chi connectivity index (χ1n) is 6.80. The highest BCUT2D eigenvalue weighted by molar-refractivity contribution is 6.33. The number of nitrogen functional groups attached to an aromatic ring is 1. The van der Waals surface area contributed by atoms with E-state index in [0.29, 0.717) is 22.8 Å². The van der Waals surface area contributed by atoms with E-state index in [9.17, 15) is 4.79 Å². The number of carbonyl (C=O) groups excluding carboxylic acids is 1. The maximum atomic E-state index is 11.9. The van der Waals surface area contributed by atoms with Crippen LogP contribution >= 0.6 is 11.6 Å². The molecule has 0 aromatic heterocycles. The molecule has 1 fully saturated rings. The number of benzene rings is 1. The van der Waals surface area contributed by atoms with Crippen molar-refractivity contribution in [2.24, 2.45) is 0 Å². The van der Waals surface area contributed by atoms with Crippen LogP contribution in [0, 0.1) is 0 Å². The fraction of sp³-hybridized carbons (Fsp3) is 0.500. The van der Waals surface area contributed by atoms with Crippen molar-refractivity contribution in [2.75, 3.05) is 43.9 Å². The van der Waals surface area contributed by atoms with Crippen molar-refractivity contribution in [1.29, 1.82) is 0 Å². The number of nitrogens with one attached hydrogen (secondary N) is 1. The summed E-state index contributed by atoms with van der Waals surface area (Å²) in [7, 11) is 0. The third kappa shape index (κ3) is 4.67. The number of anilines is 2. The van der Waals surface area contributed by atoms with Gasteiger partial charge in [-0.1, -0.05) is 11.6 Å². The van der Waals surface area contributed by atoms with E-state index in [1.807, 2.05) is 0 Å². The monoisotopic (exact) mass is 297 g/mol. The van der Waals surface area contributed by atoms with Gasteiger partial charge >= 0.3 is 0 Å². The van der Waals surface area contributed by atoms with Gasteiger partial charge in [0.15, 0.2) is 0 Å². The third-order valence-corrected chi connectivity index (χ3v) is 3.59. The Morgan fingerprint density at radius 2 is 2.25 bits per heavy atom. The lowest BCUT2D eigenvalue weighted by molar-refractivity contribution is -0.116. The molecule has 2 rings (SSSR count). The largest absolute Gasteiger partial charge is 0.397 e. The number of rotatable bonds is 4. The Morgan fingerprint density at radius 1 is 1.40 bits per heavy atom. The molecule has 0 spiro atoms. The number of halogens is 1. The minimum Gasteiger partial charge on any atom is -0.397 e. The quantitative estimate of drug-likeness (QED) is 0.834. The Kier molecular flexibility index (Phi) is 5.64. The molecule has 1 amide bonds. The molecule has 0 atom stereocenters. The highest BCUT2D eigenvalue weighted by Gasteiger charge is 2.11. The first-order valence-corrected chi connectivity index (χ1v) is 7.18. The van der Waals surface area contributed by atoms with E-state index in [4.69, 9.17) is 22.1 Å². The number of hydrogen-bond donors (Lipinski definition) is 2. The Balaban J connectivity index is 1.78. The summed E-state index contributed by atoms with van der Waals surface area (Å²) in [5, 5.41) is 3.32. The molecule has 1 aromatic rings. The molecule has 3 N–H and O–H groups in total. The average Bonchev–Trinajstić information content (AvgIpc) is 2.69. The van der Waals surface area contributed by atoms with E-state index < -0.39 is 0 Å². The van der Waals surface area contributed by atoms with E-state index in [2.05, 4.69) is 10.2 Å². The van der Waals surface area contributed by atoms with E-state index in [1.165, 1.54) is 0 Å². The highest BCUT2D eigenvalue weighted by Crippen LogP contribution is 2.22. The van der Waals surface area contributed by atoms with E-state index in [1.54, 1.807) is 18.2 Å². The van der Waals surface area contributed by atoms with Gasteiger partial charge in [-0.2, -0.15) is 0 Å². The van der Waals surface area contributed by atoms with Crippen LogP contribution in [-0.4, -0.2) is 43.7 Å². The maximum Gasteiger partial charge on any atom is 0.225 e. The number of hydrogen-bond acceptors (Lipinski definition) is 4. The standard InChI is InChI=1S/C14H20ClN3O2/c15-12-3-2-11(10-13(12)16)17-14(19)4-6-18-5-1-8-20-9-7-18/h2-3,10H,1,4-9,16H2,(H,17,19). The molecule has 1 heterocycles. The predicted molar refractivity (Wildman–Crippen MR) is 81.0 cm³/mol. The zero-order valence-electron chi connectivity index (χ0n) is 11.4. The van der Waals surface area contributed by atoms with Crippen LogP contribution in [0.1, 0.15) is 12.8 Å². The lowest BCUT2D eigenvalue weighted by atomic mass is 10.2. The predicted octanol–water partition coefficient (Wildman–Crippen LogP) is 1.97. The molecule has 0 bridgehead atoms. The summed E-state index contributed by atoms with van der Waals surface area (Å²) in [5.74, 6) is -0.0168. The molecule has 110 valence electrons. The van der Waals surface area contributed by atoms with Crippen molar-refractivity contribution >= 4 is 28.9 Å². The minimum absolute atomic E-state index is 0.0168. The lowest BCUT2D eigenvalue weighted by Gasteiger charge is -2.18. The Hall–Kier alpha value is -1.30. The summed E-state index contributed by atoms with van der Waals surface area (Å²) < 4.78 is 5.38. The molecule has 0 unspecified atom stereocenters.